The lowest BCUT2D eigenvalue weighted by Gasteiger charge is -2.20. The summed E-state index contributed by atoms with van der Waals surface area (Å²) in [4.78, 5) is 13.0. The van der Waals surface area contributed by atoms with Crippen molar-refractivity contribution in [2.45, 2.75) is 32.3 Å². The first-order valence-corrected chi connectivity index (χ1v) is 7.26. The number of aliphatic hydroxyl groups is 1. The number of hydrogen-bond acceptors (Lipinski definition) is 5. The van der Waals surface area contributed by atoms with Crippen molar-refractivity contribution in [3.63, 3.8) is 0 Å². The van der Waals surface area contributed by atoms with Gasteiger partial charge in [0.15, 0.2) is 0 Å². The van der Waals surface area contributed by atoms with Crippen LogP contribution in [0.2, 0.25) is 0 Å². The highest BCUT2D eigenvalue weighted by Crippen LogP contribution is 2.43. The summed E-state index contributed by atoms with van der Waals surface area (Å²) in [6.45, 7) is 5.47. The topological polar surface area (TPSA) is 75.8 Å². The Hall–Kier alpha value is -1.82. The van der Waals surface area contributed by atoms with E-state index in [0.717, 1.165) is 24.3 Å². The van der Waals surface area contributed by atoms with E-state index in [9.17, 15) is 15.2 Å². The Morgan fingerprint density at radius 2 is 2.29 bits per heavy atom. The van der Waals surface area contributed by atoms with E-state index >= 15 is 0 Å². The van der Waals surface area contributed by atoms with Crippen molar-refractivity contribution in [1.29, 1.82) is 0 Å². The summed E-state index contributed by atoms with van der Waals surface area (Å²) < 4.78 is 5.88. The molecule has 0 amide bonds. The van der Waals surface area contributed by atoms with Crippen LogP contribution in [0.15, 0.2) is 12.1 Å². The minimum atomic E-state index is -0.326. The molecule has 0 radical (unpaired) electrons. The highest BCUT2D eigenvalue weighted by Gasteiger charge is 2.35. The number of nitro benzene ring substituents is 1. The molecule has 2 aliphatic rings. The molecule has 2 aliphatic heterocycles. The van der Waals surface area contributed by atoms with Crippen LogP contribution >= 0.6 is 0 Å². The maximum absolute atomic E-state index is 11.4. The normalized spacial score (nSPS) is 23.0. The summed E-state index contributed by atoms with van der Waals surface area (Å²) in [7, 11) is 0. The van der Waals surface area contributed by atoms with Crippen molar-refractivity contribution in [1.82, 2.24) is 0 Å². The van der Waals surface area contributed by atoms with Crippen molar-refractivity contribution in [2.24, 2.45) is 5.92 Å². The molecule has 1 fully saturated rings. The van der Waals surface area contributed by atoms with Gasteiger partial charge in [-0.3, -0.25) is 10.1 Å². The van der Waals surface area contributed by atoms with E-state index in [1.54, 1.807) is 12.1 Å². The van der Waals surface area contributed by atoms with E-state index in [1.807, 2.05) is 18.7 Å². The maximum atomic E-state index is 11.4. The summed E-state index contributed by atoms with van der Waals surface area (Å²) in [5.74, 6) is 0.934. The second-order valence-corrected chi connectivity index (χ2v) is 6.53. The van der Waals surface area contributed by atoms with E-state index in [0.29, 0.717) is 18.7 Å². The third-order valence-electron chi connectivity index (χ3n) is 4.24. The Labute approximate surface area is 123 Å². The number of ether oxygens (including phenoxy) is 1. The van der Waals surface area contributed by atoms with Crippen LogP contribution in [-0.2, 0) is 6.42 Å². The molecule has 0 spiro atoms. The van der Waals surface area contributed by atoms with Crippen molar-refractivity contribution < 1.29 is 14.8 Å². The summed E-state index contributed by atoms with van der Waals surface area (Å²) in [6, 6.07) is 3.44. The first-order chi connectivity index (χ1) is 9.89. The Balaban J connectivity index is 1.99. The summed E-state index contributed by atoms with van der Waals surface area (Å²) >= 11 is 0. The van der Waals surface area contributed by atoms with Crippen LogP contribution in [0.3, 0.4) is 0 Å². The van der Waals surface area contributed by atoms with Crippen LogP contribution in [-0.4, -0.2) is 35.3 Å². The molecule has 0 aliphatic carbocycles. The van der Waals surface area contributed by atoms with Crippen LogP contribution in [0.5, 0.6) is 5.75 Å². The van der Waals surface area contributed by atoms with Crippen molar-refractivity contribution in [3.8, 4) is 5.75 Å². The highest BCUT2D eigenvalue weighted by molar-refractivity contribution is 5.69. The molecule has 21 heavy (non-hydrogen) atoms. The van der Waals surface area contributed by atoms with Gasteiger partial charge in [0.1, 0.15) is 17.0 Å². The van der Waals surface area contributed by atoms with Gasteiger partial charge in [0.05, 0.1) is 4.92 Å². The molecular formula is C15H20N2O4. The fourth-order valence-corrected chi connectivity index (χ4v) is 3.23. The summed E-state index contributed by atoms with van der Waals surface area (Å²) in [5, 5.41) is 20.6. The molecule has 1 aromatic rings. The molecule has 1 aromatic carbocycles. The molecular weight excluding hydrogens is 272 g/mol. The zero-order valence-electron chi connectivity index (χ0n) is 12.3. The lowest BCUT2D eigenvalue weighted by atomic mass is 10.0. The third-order valence-corrected chi connectivity index (χ3v) is 4.24. The number of nitro groups is 1. The van der Waals surface area contributed by atoms with Gasteiger partial charge in [-0.1, -0.05) is 0 Å². The molecule has 6 heteroatoms. The van der Waals surface area contributed by atoms with E-state index in [2.05, 4.69) is 0 Å². The van der Waals surface area contributed by atoms with Gasteiger partial charge < -0.3 is 14.7 Å². The molecule has 6 nitrogen and oxygen atoms in total. The SMILES string of the molecule is CC1(C)Cc2cc([N+](=O)[O-])c(N3CC[C@@H](CO)C3)cc2O1. The largest absolute Gasteiger partial charge is 0.487 e. The molecule has 0 saturated carbocycles. The molecule has 0 bridgehead atoms. The summed E-state index contributed by atoms with van der Waals surface area (Å²) in [5.41, 5.74) is 1.32. The average Bonchev–Trinajstić information content (AvgIpc) is 2.98. The second kappa shape index (κ2) is 4.87. The number of aliphatic hydroxyl groups excluding tert-OH is 1. The first-order valence-electron chi connectivity index (χ1n) is 7.26. The van der Waals surface area contributed by atoms with Gasteiger partial charge in [-0.25, -0.2) is 0 Å². The van der Waals surface area contributed by atoms with E-state index in [4.69, 9.17) is 4.74 Å². The Morgan fingerprint density at radius 3 is 2.90 bits per heavy atom. The van der Waals surface area contributed by atoms with Crippen molar-refractivity contribution in [2.75, 3.05) is 24.6 Å². The number of anilines is 1. The molecule has 1 atom stereocenters. The Kier molecular flexibility index (Phi) is 3.28. The monoisotopic (exact) mass is 292 g/mol. The van der Waals surface area contributed by atoms with Crippen LogP contribution in [0.25, 0.3) is 0 Å². The molecule has 1 saturated heterocycles. The molecule has 0 aromatic heterocycles. The van der Waals surface area contributed by atoms with Crippen LogP contribution in [0.4, 0.5) is 11.4 Å². The number of nitrogens with zero attached hydrogens (tertiary/aromatic N) is 2. The second-order valence-electron chi connectivity index (χ2n) is 6.53. The number of fused-ring (bicyclic) bond motifs is 1. The van der Waals surface area contributed by atoms with Crippen LogP contribution in [0, 0.1) is 16.0 Å². The predicted molar refractivity (Wildman–Crippen MR) is 78.9 cm³/mol. The Morgan fingerprint density at radius 1 is 1.52 bits per heavy atom. The zero-order valence-corrected chi connectivity index (χ0v) is 12.3. The van der Waals surface area contributed by atoms with Gasteiger partial charge in [-0.2, -0.15) is 0 Å². The van der Waals surface area contributed by atoms with Gasteiger partial charge in [-0.05, 0) is 20.3 Å². The number of rotatable bonds is 3. The predicted octanol–water partition coefficient (Wildman–Crippen LogP) is 2.13. The van der Waals surface area contributed by atoms with Gasteiger partial charge in [-0.15, -0.1) is 0 Å². The quantitative estimate of drug-likeness (QED) is 0.682. The van der Waals surface area contributed by atoms with E-state index in [-0.39, 0.29) is 28.7 Å². The molecule has 0 unspecified atom stereocenters. The molecule has 2 heterocycles. The minimum absolute atomic E-state index is 0.124. The van der Waals surface area contributed by atoms with E-state index in [1.165, 1.54) is 0 Å². The van der Waals surface area contributed by atoms with Crippen molar-refractivity contribution >= 4 is 11.4 Å². The average molecular weight is 292 g/mol. The van der Waals surface area contributed by atoms with Crippen LogP contribution in [0.1, 0.15) is 25.8 Å². The van der Waals surface area contributed by atoms with Gasteiger partial charge in [0, 0.05) is 49.7 Å². The molecule has 1 N–H and O–H groups in total. The maximum Gasteiger partial charge on any atom is 0.293 e. The van der Waals surface area contributed by atoms with Gasteiger partial charge >= 0.3 is 0 Å². The van der Waals surface area contributed by atoms with Gasteiger partial charge in [0.25, 0.3) is 5.69 Å². The third kappa shape index (κ3) is 2.55. The lowest BCUT2D eigenvalue weighted by Crippen LogP contribution is -2.24. The minimum Gasteiger partial charge on any atom is -0.487 e. The standard InChI is InChI=1S/C15H20N2O4/c1-15(2)7-11-5-13(17(19)20)12(6-14(11)21-15)16-4-3-10(8-16)9-18/h5-6,10,18H,3-4,7-9H2,1-2H3/t10-/m1/s1. The number of hydrogen-bond donors (Lipinski definition) is 1. The van der Waals surface area contributed by atoms with Crippen LogP contribution < -0.4 is 9.64 Å². The summed E-state index contributed by atoms with van der Waals surface area (Å²) in [6.07, 6.45) is 1.54. The van der Waals surface area contributed by atoms with Crippen molar-refractivity contribution in [3.05, 3.63) is 27.8 Å². The molecule has 114 valence electrons. The smallest absolute Gasteiger partial charge is 0.293 e. The molecule has 3 rings (SSSR count). The first kappa shape index (κ1) is 14.1. The number of benzene rings is 1. The lowest BCUT2D eigenvalue weighted by molar-refractivity contribution is -0.384. The van der Waals surface area contributed by atoms with E-state index < -0.39 is 0 Å². The fraction of sp³-hybridized carbons (Fsp3) is 0.600. The Bertz CT molecular complexity index is 585. The highest BCUT2D eigenvalue weighted by atomic mass is 16.6. The van der Waals surface area contributed by atoms with Gasteiger partial charge in [0.2, 0.25) is 0 Å². The fourth-order valence-electron chi connectivity index (χ4n) is 3.23. The zero-order chi connectivity index (χ0) is 15.2.